The highest BCUT2D eigenvalue weighted by Crippen LogP contribution is 2.29. The van der Waals surface area contributed by atoms with Gasteiger partial charge in [-0.2, -0.15) is 0 Å². The lowest BCUT2D eigenvalue weighted by molar-refractivity contribution is -0.141. The topological polar surface area (TPSA) is 92.9 Å². The molecule has 1 aromatic heterocycles. The van der Waals surface area contributed by atoms with Crippen molar-refractivity contribution >= 4 is 11.9 Å². The highest BCUT2D eigenvalue weighted by Gasteiger charge is 2.36. The van der Waals surface area contributed by atoms with Gasteiger partial charge in [-0.3, -0.25) is 9.59 Å². The Hall–Kier alpha value is -1.89. The maximum atomic E-state index is 12.4. The Labute approximate surface area is 116 Å². The van der Waals surface area contributed by atoms with Crippen LogP contribution in [0.2, 0.25) is 0 Å². The van der Waals surface area contributed by atoms with Gasteiger partial charge in [0.25, 0.3) is 5.91 Å². The van der Waals surface area contributed by atoms with Crippen molar-refractivity contribution in [3.05, 3.63) is 17.5 Å². The normalized spacial score (nSPS) is 15.9. The molecule has 1 aliphatic rings. The first kappa shape index (κ1) is 14.5. The summed E-state index contributed by atoms with van der Waals surface area (Å²) < 4.78 is 9.89. The van der Waals surface area contributed by atoms with E-state index < -0.39 is 11.9 Å². The predicted octanol–water partition coefficient (Wildman–Crippen LogP) is 1.15. The summed E-state index contributed by atoms with van der Waals surface area (Å²) in [6.07, 6.45) is 1.81. The molecule has 7 nitrogen and oxygen atoms in total. The van der Waals surface area contributed by atoms with Crippen LogP contribution in [0.5, 0.6) is 0 Å². The highest BCUT2D eigenvalue weighted by molar-refractivity contribution is 5.93. The smallest absolute Gasteiger partial charge is 0.308 e. The molecule has 1 N–H and O–H groups in total. The first-order valence-electron chi connectivity index (χ1n) is 6.51. The molecule has 0 radical (unpaired) electrons. The summed E-state index contributed by atoms with van der Waals surface area (Å²) in [6.45, 7) is 2.02. The second-order valence-corrected chi connectivity index (χ2v) is 5.04. The Morgan fingerprint density at radius 3 is 2.85 bits per heavy atom. The molecular formula is C13H18N2O5. The monoisotopic (exact) mass is 282 g/mol. The molecule has 0 bridgehead atoms. The van der Waals surface area contributed by atoms with Gasteiger partial charge < -0.3 is 19.3 Å². The molecule has 20 heavy (non-hydrogen) atoms. The molecule has 1 saturated carbocycles. The number of hydrogen-bond acceptors (Lipinski definition) is 5. The number of rotatable bonds is 7. The quantitative estimate of drug-likeness (QED) is 0.806. The van der Waals surface area contributed by atoms with Gasteiger partial charge in [-0.25, -0.2) is 0 Å². The number of aromatic nitrogens is 1. The standard InChI is InChI=1S/C13H18N2O5/c1-8(13(17)18)6-15(9-3-4-9)12(16)11-5-10(7-19-2)20-14-11/h5,8-9H,3-4,6-7H2,1-2H3,(H,17,18). The SMILES string of the molecule is COCc1cc(C(=O)N(CC(C)C(=O)O)C2CC2)no1. The van der Waals surface area contributed by atoms with Crippen LogP contribution in [0.1, 0.15) is 36.0 Å². The molecular weight excluding hydrogens is 264 g/mol. The van der Waals surface area contributed by atoms with Crippen molar-refractivity contribution in [1.29, 1.82) is 0 Å². The summed E-state index contributed by atoms with van der Waals surface area (Å²) in [5.41, 5.74) is 0.196. The Bertz CT molecular complexity index is 495. The second kappa shape index (κ2) is 6.04. The van der Waals surface area contributed by atoms with E-state index in [9.17, 15) is 9.59 Å². The van der Waals surface area contributed by atoms with Crippen molar-refractivity contribution in [3.8, 4) is 0 Å². The van der Waals surface area contributed by atoms with Crippen molar-refractivity contribution in [2.75, 3.05) is 13.7 Å². The van der Waals surface area contributed by atoms with Crippen molar-refractivity contribution in [1.82, 2.24) is 10.1 Å². The van der Waals surface area contributed by atoms with E-state index in [2.05, 4.69) is 5.16 Å². The molecule has 7 heteroatoms. The van der Waals surface area contributed by atoms with Crippen LogP contribution in [-0.4, -0.2) is 46.7 Å². The van der Waals surface area contributed by atoms with Crippen molar-refractivity contribution in [2.24, 2.45) is 5.92 Å². The molecule has 1 fully saturated rings. The number of aliphatic carboxylic acids is 1. The van der Waals surface area contributed by atoms with E-state index in [-0.39, 0.29) is 30.8 Å². The van der Waals surface area contributed by atoms with Crippen LogP contribution < -0.4 is 0 Å². The minimum atomic E-state index is -0.913. The molecule has 1 heterocycles. The van der Waals surface area contributed by atoms with E-state index in [0.29, 0.717) is 5.76 Å². The van der Waals surface area contributed by atoms with Gasteiger partial charge in [0.05, 0.1) is 5.92 Å². The van der Waals surface area contributed by atoms with Crippen LogP contribution in [0.15, 0.2) is 10.6 Å². The van der Waals surface area contributed by atoms with Gasteiger partial charge in [0.1, 0.15) is 6.61 Å². The number of amides is 1. The van der Waals surface area contributed by atoms with Crippen LogP contribution in [0, 0.1) is 5.92 Å². The molecule has 110 valence electrons. The molecule has 1 aliphatic carbocycles. The molecule has 1 amide bonds. The maximum absolute atomic E-state index is 12.4. The molecule has 0 saturated heterocycles. The van der Waals surface area contributed by atoms with Crippen LogP contribution in [0.4, 0.5) is 0 Å². The number of nitrogens with zero attached hydrogens (tertiary/aromatic N) is 2. The Balaban J connectivity index is 2.07. The van der Waals surface area contributed by atoms with Crippen molar-refractivity contribution < 1.29 is 24.0 Å². The van der Waals surface area contributed by atoms with Crippen LogP contribution in [0.3, 0.4) is 0 Å². The number of carbonyl (C=O) groups is 2. The lowest BCUT2D eigenvalue weighted by Crippen LogP contribution is -2.38. The molecule has 1 unspecified atom stereocenters. The van der Waals surface area contributed by atoms with Gasteiger partial charge in [0.2, 0.25) is 0 Å². The van der Waals surface area contributed by atoms with E-state index in [4.69, 9.17) is 14.4 Å². The van der Waals surface area contributed by atoms with Crippen molar-refractivity contribution in [3.63, 3.8) is 0 Å². The molecule has 1 atom stereocenters. The summed E-state index contributed by atoms with van der Waals surface area (Å²) in [7, 11) is 1.52. The van der Waals surface area contributed by atoms with Gasteiger partial charge in [0.15, 0.2) is 11.5 Å². The average Bonchev–Trinajstić information content (AvgIpc) is 3.14. The number of hydrogen-bond donors (Lipinski definition) is 1. The highest BCUT2D eigenvalue weighted by atomic mass is 16.5. The molecule has 0 aromatic carbocycles. The maximum Gasteiger partial charge on any atom is 0.308 e. The summed E-state index contributed by atoms with van der Waals surface area (Å²) >= 11 is 0. The van der Waals surface area contributed by atoms with Crippen LogP contribution in [0.25, 0.3) is 0 Å². The number of carboxylic acids is 1. The van der Waals surface area contributed by atoms with Gasteiger partial charge in [-0.15, -0.1) is 0 Å². The number of carbonyl (C=O) groups excluding carboxylic acids is 1. The first-order chi connectivity index (χ1) is 9.52. The molecule has 1 aromatic rings. The van der Waals surface area contributed by atoms with E-state index in [1.165, 1.54) is 13.2 Å². The zero-order valence-corrected chi connectivity index (χ0v) is 11.5. The van der Waals surface area contributed by atoms with E-state index in [1.807, 2.05) is 0 Å². The summed E-state index contributed by atoms with van der Waals surface area (Å²) in [4.78, 5) is 24.9. The van der Waals surface area contributed by atoms with Gasteiger partial charge in [-0.05, 0) is 12.8 Å². The first-order valence-corrected chi connectivity index (χ1v) is 6.51. The number of ether oxygens (including phenoxy) is 1. The van der Waals surface area contributed by atoms with E-state index >= 15 is 0 Å². The fourth-order valence-electron chi connectivity index (χ4n) is 1.93. The fourth-order valence-corrected chi connectivity index (χ4v) is 1.93. The zero-order chi connectivity index (χ0) is 14.7. The second-order valence-electron chi connectivity index (χ2n) is 5.04. The zero-order valence-electron chi connectivity index (χ0n) is 11.5. The summed E-state index contributed by atoms with van der Waals surface area (Å²) in [5, 5.41) is 12.7. The van der Waals surface area contributed by atoms with Crippen LogP contribution in [-0.2, 0) is 16.1 Å². The third-order valence-corrected chi connectivity index (χ3v) is 3.21. The Kier molecular flexibility index (Phi) is 4.39. The fraction of sp³-hybridized carbons (Fsp3) is 0.615. The third kappa shape index (κ3) is 3.36. The minimum Gasteiger partial charge on any atom is -0.481 e. The van der Waals surface area contributed by atoms with Crippen LogP contribution >= 0.6 is 0 Å². The Morgan fingerprint density at radius 2 is 2.30 bits per heavy atom. The summed E-state index contributed by atoms with van der Waals surface area (Å²) in [6, 6.07) is 1.65. The van der Waals surface area contributed by atoms with Crippen molar-refractivity contribution in [2.45, 2.75) is 32.4 Å². The van der Waals surface area contributed by atoms with E-state index in [0.717, 1.165) is 12.8 Å². The third-order valence-electron chi connectivity index (χ3n) is 3.21. The largest absolute Gasteiger partial charge is 0.481 e. The van der Waals surface area contributed by atoms with E-state index in [1.54, 1.807) is 11.8 Å². The lowest BCUT2D eigenvalue weighted by atomic mass is 10.1. The number of carboxylic acid groups (broad SMARTS) is 1. The summed E-state index contributed by atoms with van der Waals surface area (Å²) in [5.74, 6) is -1.34. The lowest BCUT2D eigenvalue weighted by Gasteiger charge is -2.23. The Morgan fingerprint density at radius 1 is 1.60 bits per heavy atom. The van der Waals surface area contributed by atoms with Gasteiger partial charge in [-0.1, -0.05) is 12.1 Å². The molecule has 0 spiro atoms. The van der Waals surface area contributed by atoms with Gasteiger partial charge in [0, 0.05) is 25.8 Å². The molecule has 2 rings (SSSR count). The molecule has 0 aliphatic heterocycles. The predicted molar refractivity (Wildman–Crippen MR) is 68.1 cm³/mol. The minimum absolute atomic E-state index is 0.117. The van der Waals surface area contributed by atoms with Gasteiger partial charge >= 0.3 is 5.97 Å². The average molecular weight is 282 g/mol. The number of methoxy groups -OCH3 is 1.